The van der Waals surface area contributed by atoms with Gasteiger partial charge in [0.2, 0.25) is 0 Å². The Morgan fingerprint density at radius 3 is 0.978 bits per heavy atom. The molecule has 7 aromatic carbocycles. The monoisotopic (exact) mass is 588 g/mol. The molecule has 2 unspecified atom stereocenters. The maximum absolute atomic E-state index is 2.63. The minimum Gasteiger partial charge on any atom is -0.0622 e. The SMILES string of the molecule is CC12c3ccccc3[C@@]3(C)c4cc5c(-c6ccccc6)c6ccccc6c(-c6ccccc6)c5cc4[C@@](C)(c4ccccc41)C23C. The van der Waals surface area contributed by atoms with Crippen molar-refractivity contribution in [1.29, 1.82) is 0 Å². The molecule has 0 aromatic heterocycles. The second-order valence-electron chi connectivity index (χ2n) is 14.6. The highest BCUT2D eigenvalue weighted by Crippen LogP contribution is 2.82. The van der Waals surface area contributed by atoms with E-state index in [1.165, 1.54) is 77.2 Å². The van der Waals surface area contributed by atoms with Crippen molar-refractivity contribution in [3.63, 3.8) is 0 Å². The van der Waals surface area contributed by atoms with Crippen molar-refractivity contribution in [1.82, 2.24) is 0 Å². The molecule has 0 radical (unpaired) electrons. The number of hydrogen-bond donors (Lipinski definition) is 0. The van der Waals surface area contributed by atoms with Gasteiger partial charge in [-0.15, -0.1) is 0 Å². The molecule has 0 N–H and O–H groups in total. The molecule has 10 rings (SSSR count). The van der Waals surface area contributed by atoms with E-state index in [-0.39, 0.29) is 21.7 Å². The van der Waals surface area contributed by atoms with Gasteiger partial charge in [0.05, 0.1) is 0 Å². The Kier molecular flexibility index (Phi) is 4.83. The number of rotatable bonds is 2. The minimum absolute atomic E-state index is 0.0979. The van der Waals surface area contributed by atoms with Crippen LogP contribution in [0.3, 0.4) is 0 Å². The summed E-state index contributed by atoms with van der Waals surface area (Å²) in [5.74, 6) is 0. The molecule has 46 heavy (non-hydrogen) atoms. The molecule has 0 saturated heterocycles. The lowest BCUT2D eigenvalue weighted by Gasteiger charge is -2.49. The normalized spacial score (nSPS) is 26.6. The van der Waals surface area contributed by atoms with Gasteiger partial charge in [-0.05, 0) is 89.3 Å². The van der Waals surface area contributed by atoms with E-state index in [1.54, 1.807) is 0 Å². The van der Waals surface area contributed by atoms with Crippen LogP contribution in [0.25, 0.3) is 43.8 Å². The molecule has 3 aliphatic carbocycles. The van der Waals surface area contributed by atoms with Gasteiger partial charge in [0, 0.05) is 21.7 Å². The fourth-order valence-electron chi connectivity index (χ4n) is 11.1. The summed E-state index contributed by atoms with van der Waals surface area (Å²) >= 11 is 0. The van der Waals surface area contributed by atoms with Crippen molar-refractivity contribution >= 4 is 21.5 Å². The summed E-state index contributed by atoms with van der Waals surface area (Å²) in [7, 11) is 0. The van der Waals surface area contributed by atoms with Crippen LogP contribution in [0.1, 0.15) is 61.1 Å². The highest BCUT2D eigenvalue weighted by molar-refractivity contribution is 6.22. The first-order valence-electron chi connectivity index (χ1n) is 16.7. The first kappa shape index (κ1) is 26.3. The second kappa shape index (κ2) is 8.45. The van der Waals surface area contributed by atoms with Crippen molar-refractivity contribution in [3.8, 4) is 22.3 Å². The van der Waals surface area contributed by atoms with E-state index in [9.17, 15) is 0 Å². The molecule has 0 fully saturated rings. The third-order valence-corrected chi connectivity index (χ3v) is 13.4. The molecule has 0 heterocycles. The molecular formula is C46H36. The van der Waals surface area contributed by atoms with Crippen molar-refractivity contribution in [2.45, 2.75) is 43.9 Å². The maximum Gasteiger partial charge on any atom is 0.0258 e. The first-order valence-corrected chi connectivity index (χ1v) is 16.7. The van der Waals surface area contributed by atoms with Crippen molar-refractivity contribution in [2.24, 2.45) is 5.41 Å². The van der Waals surface area contributed by atoms with E-state index in [2.05, 4.69) is 173 Å². The van der Waals surface area contributed by atoms with Gasteiger partial charge in [0.15, 0.2) is 0 Å². The van der Waals surface area contributed by atoms with Crippen molar-refractivity contribution < 1.29 is 0 Å². The molecule has 7 aromatic rings. The van der Waals surface area contributed by atoms with E-state index < -0.39 is 0 Å². The largest absolute Gasteiger partial charge is 0.0622 e. The second-order valence-corrected chi connectivity index (χ2v) is 14.6. The van der Waals surface area contributed by atoms with Crippen LogP contribution in [-0.2, 0) is 16.2 Å². The summed E-state index contributed by atoms with van der Waals surface area (Å²) < 4.78 is 0. The van der Waals surface area contributed by atoms with Gasteiger partial charge in [-0.1, -0.05) is 161 Å². The standard InChI is InChI=1S/C46H36/c1-43-35-23-13-15-25-37(35)44(2)39-27-33-34(28-40(39)45(3,46(43,44)4)38-26-16-14-24-36(38)43)42(30-19-9-6-10-20-30)32-22-12-11-21-31(32)41(33)29-17-7-5-8-18-29/h5-28H,1-4H3/t43?,44-,45+,46?. The van der Waals surface area contributed by atoms with Gasteiger partial charge >= 0.3 is 0 Å². The third kappa shape index (κ3) is 2.62. The van der Waals surface area contributed by atoms with Gasteiger partial charge < -0.3 is 0 Å². The zero-order valence-corrected chi connectivity index (χ0v) is 26.9. The van der Waals surface area contributed by atoms with Crippen LogP contribution in [0.4, 0.5) is 0 Å². The maximum atomic E-state index is 2.63. The van der Waals surface area contributed by atoms with E-state index >= 15 is 0 Å². The van der Waals surface area contributed by atoms with Crippen molar-refractivity contribution in [3.05, 3.63) is 179 Å². The Morgan fingerprint density at radius 2 is 0.609 bits per heavy atom. The lowest BCUT2D eigenvalue weighted by molar-refractivity contribution is 0.0997. The number of hydrogen-bond acceptors (Lipinski definition) is 0. The molecule has 0 aliphatic heterocycles. The smallest absolute Gasteiger partial charge is 0.0258 e. The fourth-order valence-corrected chi connectivity index (χ4v) is 11.1. The molecule has 0 bridgehead atoms. The Balaban J connectivity index is 1.46. The molecule has 220 valence electrons. The minimum atomic E-state index is -0.178. The Hall–Kier alpha value is -4.94. The van der Waals surface area contributed by atoms with Crippen LogP contribution in [0.2, 0.25) is 0 Å². The van der Waals surface area contributed by atoms with E-state index in [0.29, 0.717) is 0 Å². The summed E-state index contributed by atoms with van der Waals surface area (Å²) in [6.45, 7) is 10.3. The molecule has 0 heteroatoms. The fraction of sp³-hybridized carbons (Fsp3) is 0.174. The predicted octanol–water partition coefficient (Wildman–Crippen LogP) is 11.6. The number of benzene rings is 7. The third-order valence-electron chi connectivity index (χ3n) is 13.4. The lowest BCUT2D eigenvalue weighted by atomic mass is 9.52. The van der Waals surface area contributed by atoms with E-state index in [4.69, 9.17) is 0 Å². The first-order chi connectivity index (χ1) is 22.4. The van der Waals surface area contributed by atoms with Crippen LogP contribution >= 0.6 is 0 Å². The van der Waals surface area contributed by atoms with Gasteiger partial charge in [-0.2, -0.15) is 0 Å². The average Bonchev–Trinajstić information content (AvgIpc) is 3.46. The van der Waals surface area contributed by atoms with Crippen LogP contribution in [0.15, 0.2) is 146 Å². The topological polar surface area (TPSA) is 0 Å². The Bertz CT molecular complexity index is 2250. The van der Waals surface area contributed by atoms with Gasteiger partial charge in [0.1, 0.15) is 0 Å². The lowest BCUT2D eigenvalue weighted by Crippen LogP contribution is -2.51. The van der Waals surface area contributed by atoms with Crippen LogP contribution in [0.5, 0.6) is 0 Å². The molecule has 3 aliphatic rings. The molecular weight excluding hydrogens is 553 g/mol. The molecule has 0 saturated carbocycles. The number of fused-ring (bicyclic) bond motifs is 11. The summed E-state index contributed by atoms with van der Waals surface area (Å²) in [6, 6.07) is 55.2. The summed E-state index contributed by atoms with van der Waals surface area (Å²) in [5, 5.41) is 5.30. The highest BCUT2D eigenvalue weighted by atomic mass is 14.8. The van der Waals surface area contributed by atoms with Gasteiger partial charge in [-0.25, -0.2) is 0 Å². The van der Waals surface area contributed by atoms with Crippen LogP contribution in [-0.4, -0.2) is 0 Å². The predicted molar refractivity (Wildman–Crippen MR) is 193 cm³/mol. The van der Waals surface area contributed by atoms with Crippen LogP contribution in [0, 0.1) is 5.41 Å². The van der Waals surface area contributed by atoms with E-state index in [0.717, 1.165) is 0 Å². The average molecular weight is 589 g/mol. The molecule has 0 spiro atoms. The molecule has 0 amide bonds. The molecule has 4 atom stereocenters. The highest BCUT2D eigenvalue weighted by Gasteiger charge is 2.79. The van der Waals surface area contributed by atoms with Gasteiger partial charge in [-0.3, -0.25) is 0 Å². The zero-order chi connectivity index (χ0) is 31.1. The summed E-state index contributed by atoms with van der Waals surface area (Å²) in [4.78, 5) is 0. The Morgan fingerprint density at radius 1 is 0.304 bits per heavy atom. The molecule has 0 nitrogen and oxygen atoms in total. The Labute approximate surface area is 271 Å². The quantitative estimate of drug-likeness (QED) is 0.176. The van der Waals surface area contributed by atoms with Gasteiger partial charge in [0.25, 0.3) is 0 Å². The van der Waals surface area contributed by atoms with E-state index in [1.807, 2.05) is 0 Å². The summed E-state index contributed by atoms with van der Waals surface area (Å²) in [6.07, 6.45) is 0. The summed E-state index contributed by atoms with van der Waals surface area (Å²) in [5.41, 5.74) is 13.6. The van der Waals surface area contributed by atoms with Crippen molar-refractivity contribution in [2.75, 3.05) is 0 Å². The zero-order valence-electron chi connectivity index (χ0n) is 26.9. The van der Waals surface area contributed by atoms with Crippen LogP contribution < -0.4 is 0 Å².